The number of anilines is 1. The van der Waals surface area contributed by atoms with Crippen molar-refractivity contribution in [3.8, 4) is 0 Å². The van der Waals surface area contributed by atoms with E-state index < -0.39 is 0 Å². The SMILES string of the molecule is Clc1c(CNc2ccc3[nH]ccc3c2)sc2ccccc12. The second kappa shape index (κ2) is 5.10. The zero-order chi connectivity index (χ0) is 14.2. The minimum Gasteiger partial charge on any atom is -0.380 e. The summed E-state index contributed by atoms with van der Waals surface area (Å²) in [6.07, 6.45) is 1.96. The van der Waals surface area contributed by atoms with Crippen molar-refractivity contribution >= 4 is 49.6 Å². The standard InChI is InChI=1S/C17H13ClN2S/c18-17-13-3-1-2-4-15(13)21-16(17)10-20-12-5-6-14-11(9-12)7-8-19-14/h1-9,19-20H,10H2. The van der Waals surface area contributed by atoms with Gasteiger partial charge in [0.2, 0.25) is 0 Å². The zero-order valence-electron chi connectivity index (χ0n) is 11.2. The molecule has 0 atom stereocenters. The monoisotopic (exact) mass is 312 g/mol. The van der Waals surface area contributed by atoms with Gasteiger partial charge in [0.25, 0.3) is 0 Å². The minimum absolute atomic E-state index is 0.744. The fourth-order valence-electron chi connectivity index (χ4n) is 2.52. The van der Waals surface area contributed by atoms with E-state index in [0.717, 1.165) is 28.2 Å². The van der Waals surface area contributed by atoms with Gasteiger partial charge in [-0.25, -0.2) is 0 Å². The Kier molecular flexibility index (Phi) is 3.09. The van der Waals surface area contributed by atoms with Crippen LogP contribution in [0.4, 0.5) is 5.69 Å². The molecular weight excluding hydrogens is 300 g/mol. The molecule has 0 aliphatic heterocycles. The Hall–Kier alpha value is -1.97. The van der Waals surface area contributed by atoms with E-state index in [9.17, 15) is 0 Å². The van der Waals surface area contributed by atoms with Gasteiger partial charge >= 0.3 is 0 Å². The molecule has 4 heteroatoms. The summed E-state index contributed by atoms with van der Waals surface area (Å²) in [4.78, 5) is 4.37. The highest BCUT2D eigenvalue weighted by molar-refractivity contribution is 7.19. The molecule has 2 aromatic heterocycles. The topological polar surface area (TPSA) is 27.8 Å². The Morgan fingerprint density at radius 2 is 2.00 bits per heavy atom. The summed E-state index contributed by atoms with van der Waals surface area (Å²) in [5, 5.41) is 6.67. The van der Waals surface area contributed by atoms with Gasteiger partial charge in [-0.05, 0) is 30.3 Å². The highest BCUT2D eigenvalue weighted by Crippen LogP contribution is 2.35. The van der Waals surface area contributed by atoms with Crippen LogP contribution in [0.2, 0.25) is 5.02 Å². The van der Waals surface area contributed by atoms with Crippen LogP contribution >= 0.6 is 22.9 Å². The number of hydrogen-bond donors (Lipinski definition) is 2. The van der Waals surface area contributed by atoms with E-state index in [2.05, 4.69) is 46.7 Å². The van der Waals surface area contributed by atoms with E-state index in [1.54, 1.807) is 11.3 Å². The van der Waals surface area contributed by atoms with E-state index in [0.29, 0.717) is 0 Å². The van der Waals surface area contributed by atoms with Crippen molar-refractivity contribution in [2.75, 3.05) is 5.32 Å². The number of H-pyrrole nitrogens is 1. The smallest absolute Gasteiger partial charge is 0.0642 e. The molecule has 2 N–H and O–H groups in total. The number of rotatable bonds is 3. The number of fused-ring (bicyclic) bond motifs is 2. The van der Waals surface area contributed by atoms with E-state index in [-0.39, 0.29) is 0 Å². The van der Waals surface area contributed by atoms with Gasteiger partial charge in [-0.2, -0.15) is 0 Å². The molecule has 4 aromatic rings. The number of benzene rings is 2. The molecule has 21 heavy (non-hydrogen) atoms. The lowest BCUT2D eigenvalue weighted by molar-refractivity contribution is 1.20. The maximum Gasteiger partial charge on any atom is 0.0642 e. The van der Waals surface area contributed by atoms with Crippen molar-refractivity contribution in [1.29, 1.82) is 0 Å². The third-order valence-corrected chi connectivity index (χ3v) is 5.32. The molecular formula is C17H13ClN2S. The Labute approximate surface area is 131 Å². The summed E-state index contributed by atoms with van der Waals surface area (Å²) in [5.74, 6) is 0. The Morgan fingerprint density at radius 3 is 2.90 bits per heavy atom. The predicted molar refractivity (Wildman–Crippen MR) is 92.5 cm³/mol. The largest absolute Gasteiger partial charge is 0.380 e. The average molecular weight is 313 g/mol. The molecule has 4 rings (SSSR count). The number of aromatic amines is 1. The van der Waals surface area contributed by atoms with Crippen molar-refractivity contribution in [3.63, 3.8) is 0 Å². The molecule has 0 fully saturated rings. The number of halogens is 1. The molecule has 0 amide bonds. The van der Waals surface area contributed by atoms with Gasteiger partial charge in [-0.3, -0.25) is 0 Å². The van der Waals surface area contributed by atoms with Crippen LogP contribution in [0.3, 0.4) is 0 Å². The lowest BCUT2D eigenvalue weighted by atomic mass is 10.2. The lowest BCUT2D eigenvalue weighted by Gasteiger charge is -2.05. The van der Waals surface area contributed by atoms with E-state index in [1.807, 2.05) is 18.3 Å². The third kappa shape index (κ3) is 2.28. The maximum atomic E-state index is 6.47. The number of aromatic nitrogens is 1. The molecule has 0 aliphatic rings. The number of hydrogen-bond acceptors (Lipinski definition) is 2. The molecule has 0 radical (unpaired) electrons. The van der Waals surface area contributed by atoms with Crippen LogP contribution in [0.1, 0.15) is 4.88 Å². The second-order valence-corrected chi connectivity index (χ2v) is 6.48. The maximum absolute atomic E-state index is 6.47. The van der Waals surface area contributed by atoms with Crippen molar-refractivity contribution < 1.29 is 0 Å². The van der Waals surface area contributed by atoms with Crippen LogP contribution in [0.15, 0.2) is 54.7 Å². The van der Waals surface area contributed by atoms with Crippen LogP contribution in [0, 0.1) is 0 Å². The molecule has 0 spiro atoms. The summed E-state index contributed by atoms with van der Waals surface area (Å²) >= 11 is 8.21. The Balaban J connectivity index is 1.61. The molecule has 2 nitrogen and oxygen atoms in total. The van der Waals surface area contributed by atoms with E-state index in [1.165, 1.54) is 15.0 Å². The summed E-state index contributed by atoms with van der Waals surface area (Å²) in [6, 6.07) is 16.7. The van der Waals surface area contributed by atoms with Crippen molar-refractivity contribution in [1.82, 2.24) is 4.98 Å². The van der Waals surface area contributed by atoms with Crippen molar-refractivity contribution in [3.05, 3.63) is 64.6 Å². The first-order valence-electron chi connectivity index (χ1n) is 6.78. The van der Waals surface area contributed by atoms with Gasteiger partial charge in [-0.15, -0.1) is 11.3 Å². The zero-order valence-corrected chi connectivity index (χ0v) is 12.8. The molecule has 0 aliphatic carbocycles. The van der Waals surface area contributed by atoms with E-state index in [4.69, 9.17) is 11.6 Å². The molecule has 0 saturated carbocycles. The Bertz CT molecular complexity index is 923. The summed E-state index contributed by atoms with van der Waals surface area (Å²) < 4.78 is 1.24. The average Bonchev–Trinajstić information content (AvgIpc) is 3.10. The molecule has 0 saturated heterocycles. The normalized spacial score (nSPS) is 11.3. The fourth-order valence-corrected chi connectivity index (χ4v) is 3.96. The van der Waals surface area contributed by atoms with Crippen molar-refractivity contribution in [2.45, 2.75) is 6.54 Å². The van der Waals surface area contributed by atoms with Crippen LogP contribution in [0.25, 0.3) is 21.0 Å². The number of nitrogens with one attached hydrogen (secondary N) is 2. The van der Waals surface area contributed by atoms with Crippen LogP contribution in [0.5, 0.6) is 0 Å². The molecule has 2 aromatic carbocycles. The van der Waals surface area contributed by atoms with Crippen LogP contribution < -0.4 is 5.32 Å². The molecule has 104 valence electrons. The second-order valence-electron chi connectivity index (χ2n) is 4.97. The van der Waals surface area contributed by atoms with Gasteiger partial charge in [0.05, 0.1) is 11.6 Å². The molecule has 0 bridgehead atoms. The summed E-state index contributed by atoms with van der Waals surface area (Å²) in [7, 11) is 0. The van der Waals surface area contributed by atoms with Gasteiger partial charge < -0.3 is 10.3 Å². The van der Waals surface area contributed by atoms with Crippen LogP contribution in [-0.4, -0.2) is 4.98 Å². The van der Waals surface area contributed by atoms with Crippen molar-refractivity contribution in [2.24, 2.45) is 0 Å². The van der Waals surface area contributed by atoms with E-state index >= 15 is 0 Å². The molecule has 2 heterocycles. The van der Waals surface area contributed by atoms with Gasteiger partial charge in [0.15, 0.2) is 0 Å². The van der Waals surface area contributed by atoms with Crippen LogP contribution in [-0.2, 0) is 6.54 Å². The third-order valence-electron chi connectivity index (χ3n) is 3.61. The first kappa shape index (κ1) is 12.7. The highest BCUT2D eigenvalue weighted by Gasteiger charge is 2.09. The first-order chi connectivity index (χ1) is 10.3. The predicted octanol–water partition coefficient (Wildman–Crippen LogP) is 5.65. The number of thiophene rings is 1. The highest BCUT2D eigenvalue weighted by atomic mass is 35.5. The first-order valence-corrected chi connectivity index (χ1v) is 7.97. The van der Waals surface area contributed by atoms with Gasteiger partial charge in [-0.1, -0.05) is 29.8 Å². The van der Waals surface area contributed by atoms with Gasteiger partial charge in [0, 0.05) is 37.8 Å². The minimum atomic E-state index is 0.744. The Morgan fingerprint density at radius 1 is 1.10 bits per heavy atom. The summed E-state index contributed by atoms with van der Waals surface area (Å²) in [5.41, 5.74) is 2.26. The lowest BCUT2D eigenvalue weighted by Crippen LogP contribution is -1.97. The summed E-state index contributed by atoms with van der Waals surface area (Å²) in [6.45, 7) is 0.744. The van der Waals surface area contributed by atoms with Gasteiger partial charge in [0.1, 0.15) is 0 Å². The quantitative estimate of drug-likeness (QED) is 0.503. The fraction of sp³-hybridized carbons (Fsp3) is 0.0588. The molecule has 0 unspecified atom stereocenters.